The molecular formula is C12H21N5O2. The molecule has 2 rings (SSSR count). The van der Waals surface area contributed by atoms with E-state index in [0.717, 1.165) is 18.8 Å². The SMILES string of the molecule is COCc1nc(NN)cc(N2CCC(C)C(O)C2)n1. The zero-order valence-corrected chi connectivity index (χ0v) is 11.3. The number of β-amino-alcohol motifs (C(OH)–C–C–N with tert-alkyl or cyclic N) is 1. The average molecular weight is 267 g/mol. The number of hydrogen-bond donors (Lipinski definition) is 3. The van der Waals surface area contributed by atoms with Crippen LogP contribution in [0.2, 0.25) is 0 Å². The van der Waals surface area contributed by atoms with Crippen LogP contribution in [0.4, 0.5) is 11.6 Å². The van der Waals surface area contributed by atoms with Crippen molar-refractivity contribution in [1.82, 2.24) is 9.97 Å². The van der Waals surface area contributed by atoms with Gasteiger partial charge in [-0.15, -0.1) is 0 Å². The van der Waals surface area contributed by atoms with E-state index in [2.05, 4.69) is 22.3 Å². The zero-order valence-electron chi connectivity index (χ0n) is 11.3. The number of hydrazine groups is 1. The highest BCUT2D eigenvalue weighted by atomic mass is 16.5. The fourth-order valence-electron chi connectivity index (χ4n) is 2.17. The van der Waals surface area contributed by atoms with Gasteiger partial charge in [-0.05, 0) is 12.3 Å². The number of aromatic nitrogens is 2. The summed E-state index contributed by atoms with van der Waals surface area (Å²) in [6, 6.07) is 1.78. The fourth-order valence-corrected chi connectivity index (χ4v) is 2.17. The number of rotatable bonds is 4. The molecule has 2 heterocycles. The van der Waals surface area contributed by atoms with Gasteiger partial charge in [0.15, 0.2) is 5.82 Å². The van der Waals surface area contributed by atoms with E-state index in [0.29, 0.717) is 30.7 Å². The highest BCUT2D eigenvalue weighted by Crippen LogP contribution is 2.23. The van der Waals surface area contributed by atoms with E-state index in [1.54, 1.807) is 13.2 Å². The number of methoxy groups -OCH3 is 1. The Balaban J connectivity index is 2.20. The molecule has 0 saturated carbocycles. The number of piperidine rings is 1. The van der Waals surface area contributed by atoms with Crippen molar-refractivity contribution in [1.29, 1.82) is 0 Å². The highest BCUT2D eigenvalue weighted by molar-refractivity contribution is 5.49. The Kier molecular flexibility index (Phi) is 4.52. The van der Waals surface area contributed by atoms with E-state index >= 15 is 0 Å². The molecule has 0 amide bonds. The summed E-state index contributed by atoms with van der Waals surface area (Å²) in [5.74, 6) is 7.62. The van der Waals surface area contributed by atoms with Crippen LogP contribution in [-0.2, 0) is 11.3 Å². The third kappa shape index (κ3) is 3.31. The van der Waals surface area contributed by atoms with Crippen molar-refractivity contribution in [2.75, 3.05) is 30.5 Å². The summed E-state index contributed by atoms with van der Waals surface area (Å²) in [4.78, 5) is 10.7. The van der Waals surface area contributed by atoms with Crippen LogP contribution in [0, 0.1) is 5.92 Å². The third-order valence-electron chi connectivity index (χ3n) is 3.42. The van der Waals surface area contributed by atoms with Crippen molar-refractivity contribution in [2.24, 2.45) is 11.8 Å². The normalized spacial score (nSPS) is 23.5. The maximum Gasteiger partial charge on any atom is 0.158 e. The van der Waals surface area contributed by atoms with Crippen molar-refractivity contribution in [3.63, 3.8) is 0 Å². The molecule has 0 aliphatic carbocycles. The van der Waals surface area contributed by atoms with Crippen LogP contribution >= 0.6 is 0 Å². The lowest BCUT2D eigenvalue weighted by atomic mass is 9.96. The first-order valence-electron chi connectivity index (χ1n) is 6.40. The summed E-state index contributed by atoms with van der Waals surface area (Å²) in [6.07, 6.45) is 0.611. The first-order valence-corrected chi connectivity index (χ1v) is 6.40. The Labute approximate surface area is 112 Å². The van der Waals surface area contributed by atoms with Gasteiger partial charge in [0.05, 0.1) is 6.10 Å². The molecule has 19 heavy (non-hydrogen) atoms. The number of aliphatic hydroxyl groups is 1. The van der Waals surface area contributed by atoms with Crippen LogP contribution in [0.5, 0.6) is 0 Å². The molecule has 1 aromatic rings. The van der Waals surface area contributed by atoms with Gasteiger partial charge in [-0.25, -0.2) is 15.8 Å². The molecule has 1 aliphatic rings. The molecule has 2 atom stereocenters. The monoisotopic (exact) mass is 267 g/mol. The molecule has 0 bridgehead atoms. The lowest BCUT2D eigenvalue weighted by molar-refractivity contribution is 0.102. The fraction of sp³-hybridized carbons (Fsp3) is 0.667. The minimum Gasteiger partial charge on any atom is -0.391 e. The molecule has 0 spiro atoms. The molecule has 0 aromatic carbocycles. The number of ether oxygens (including phenoxy) is 1. The van der Waals surface area contributed by atoms with E-state index in [9.17, 15) is 5.11 Å². The molecule has 1 fully saturated rings. The van der Waals surface area contributed by atoms with Crippen LogP contribution in [0.1, 0.15) is 19.2 Å². The highest BCUT2D eigenvalue weighted by Gasteiger charge is 2.25. The zero-order chi connectivity index (χ0) is 13.8. The lowest BCUT2D eigenvalue weighted by Crippen LogP contribution is -2.43. The van der Waals surface area contributed by atoms with Crippen LogP contribution in [0.3, 0.4) is 0 Å². The minimum absolute atomic E-state index is 0.323. The van der Waals surface area contributed by atoms with Crippen molar-refractivity contribution < 1.29 is 9.84 Å². The van der Waals surface area contributed by atoms with E-state index in [1.165, 1.54) is 0 Å². The Morgan fingerprint density at radius 2 is 2.37 bits per heavy atom. The van der Waals surface area contributed by atoms with E-state index in [1.807, 2.05) is 4.90 Å². The summed E-state index contributed by atoms with van der Waals surface area (Å²) in [7, 11) is 1.60. The van der Waals surface area contributed by atoms with Crippen LogP contribution in [0.15, 0.2) is 6.07 Å². The first-order chi connectivity index (χ1) is 9.13. The van der Waals surface area contributed by atoms with Crippen LogP contribution in [0.25, 0.3) is 0 Å². The van der Waals surface area contributed by atoms with Gasteiger partial charge in [0, 0.05) is 26.3 Å². The standard InChI is InChI=1S/C12H21N5O2/c1-8-3-4-17(6-9(8)18)12-5-10(16-13)14-11(15-12)7-19-2/h5,8-9,18H,3-4,6-7,13H2,1-2H3,(H,14,15,16). The summed E-state index contributed by atoms with van der Waals surface area (Å²) < 4.78 is 5.05. The quantitative estimate of drug-likeness (QED) is 0.526. The van der Waals surface area contributed by atoms with Gasteiger partial charge >= 0.3 is 0 Å². The number of nitrogens with two attached hydrogens (primary N) is 1. The second-order valence-electron chi connectivity index (χ2n) is 4.88. The Hall–Kier alpha value is -1.44. The number of aliphatic hydroxyl groups excluding tert-OH is 1. The topological polar surface area (TPSA) is 96.5 Å². The number of nitrogens with zero attached hydrogens (tertiary/aromatic N) is 3. The lowest BCUT2D eigenvalue weighted by Gasteiger charge is -2.35. The number of nitrogens with one attached hydrogen (secondary N) is 1. The van der Waals surface area contributed by atoms with E-state index in [4.69, 9.17) is 10.6 Å². The molecule has 1 aliphatic heterocycles. The van der Waals surface area contributed by atoms with Crippen molar-refractivity contribution in [3.05, 3.63) is 11.9 Å². The molecule has 0 radical (unpaired) electrons. The maximum absolute atomic E-state index is 9.96. The van der Waals surface area contributed by atoms with Gasteiger partial charge in [-0.2, -0.15) is 0 Å². The van der Waals surface area contributed by atoms with Gasteiger partial charge < -0.3 is 20.2 Å². The predicted octanol–water partition coefficient (Wildman–Crippen LogP) is 0.116. The average Bonchev–Trinajstić information content (AvgIpc) is 2.42. The molecular weight excluding hydrogens is 246 g/mol. The molecule has 1 saturated heterocycles. The third-order valence-corrected chi connectivity index (χ3v) is 3.42. The van der Waals surface area contributed by atoms with Crippen molar-refractivity contribution in [3.8, 4) is 0 Å². The second-order valence-corrected chi connectivity index (χ2v) is 4.88. The Bertz CT molecular complexity index is 429. The molecule has 7 heteroatoms. The largest absolute Gasteiger partial charge is 0.391 e. The van der Waals surface area contributed by atoms with E-state index in [-0.39, 0.29) is 6.10 Å². The summed E-state index contributed by atoms with van der Waals surface area (Å²) in [5.41, 5.74) is 2.53. The van der Waals surface area contributed by atoms with Gasteiger partial charge in [-0.3, -0.25) is 0 Å². The summed E-state index contributed by atoms with van der Waals surface area (Å²) >= 11 is 0. The predicted molar refractivity (Wildman–Crippen MR) is 72.6 cm³/mol. The van der Waals surface area contributed by atoms with Crippen molar-refractivity contribution in [2.45, 2.75) is 26.1 Å². The van der Waals surface area contributed by atoms with E-state index < -0.39 is 0 Å². The second kappa shape index (κ2) is 6.14. The minimum atomic E-state index is -0.330. The Morgan fingerprint density at radius 1 is 1.58 bits per heavy atom. The van der Waals surface area contributed by atoms with Crippen LogP contribution in [-0.4, -0.2) is 41.4 Å². The van der Waals surface area contributed by atoms with Gasteiger partial charge in [0.1, 0.15) is 18.2 Å². The number of hydrogen-bond acceptors (Lipinski definition) is 7. The summed E-state index contributed by atoms with van der Waals surface area (Å²) in [5, 5.41) is 9.96. The number of anilines is 2. The smallest absolute Gasteiger partial charge is 0.158 e. The van der Waals surface area contributed by atoms with Gasteiger partial charge in [-0.1, -0.05) is 6.92 Å². The molecule has 1 aromatic heterocycles. The summed E-state index contributed by atoms with van der Waals surface area (Å²) in [6.45, 7) is 3.83. The maximum atomic E-state index is 9.96. The molecule has 4 N–H and O–H groups in total. The first kappa shape index (κ1) is 14.0. The van der Waals surface area contributed by atoms with Gasteiger partial charge in [0.25, 0.3) is 0 Å². The van der Waals surface area contributed by atoms with Crippen LogP contribution < -0.4 is 16.2 Å². The van der Waals surface area contributed by atoms with Crippen molar-refractivity contribution >= 4 is 11.6 Å². The van der Waals surface area contributed by atoms with Gasteiger partial charge in [0.2, 0.25) is 0 Å². The molecule has 2 unspecified atom stereocenters. The molecule has 106 valence electrons. The molecule has 7 nitrogen and oxygen atoms in total. The Morgan fingerprint density at radius 3 is 3.00 bits per heavy atom. The number of nitrogen functional groups attached to an aromatic ring is 1.